The first kappa shape index (κ1) is 16.4. The van der Waals surface area contributed by atoms with Gasteiger partial charge in [0.15, 0.2) is 0 Å². The maximum Gasteiger partial charge on any atom is 0.411 e. The first-order chi connectivity index (χ1) is 12.2. The third kappa shape index (κ3) is 3.92. The maximum absolute atomic E-state index is 12.5. The predicted molar refractivity (Wildman–Crippen MR) is 95.4 cm³/mol. The number of para-hydroxylation sites is 1. The summed E-state index contributed by atoms with van der Waals surface area (Å²) in [4.78, 5) is 27.9. The monoisotopic (exact) mass is 335 g/mol. The summed E-state index contributed by atoms with van der Waals surface area (Å²) < 4.78 is 4.54. The van der Waals surface area contributed by atoms with Crippen molar-refractivity contribution in [1.82, 2.24) is 10.3 Å². The molecule has 1 aromatic heterocycles. The normalized spacial score (nSPS) is 10.3. The number of benzene rings is 2. The van der Waals surface area contributed by atoms with Gasteiger partial charge >= 0.3 is 6.09 Å². The van der Waals surface area contributed by atoms with Crippen LogP contribution in [0.4, 0.5) is 10.5 Å². The van der Waals surface area contributed by atoms with Crippen LogP contribution in [0.1, 0.15) is 15.9 Å². The molecule has 0 bridgehead atoms. The summed E-state index contributed by atoms with van der Waals surface area (Å²) in [5.74, 6) is -0.157. The van der Waals surface area contributed by atoms with Crippen LogP contribution in [-0.2, 0) is 11.3 Å². The molecule has 0 fully saturated rings. The highest BCUT2D eigenvalue weighted by molar-refractivity contribution is 6.05. The van der Waals surface area contributed by atoms with Crippen LogP contribution in [0.5, 0.6) is 0 Å². The second-order valence-electron chi connectivity index (χ2n) is 5.37. The van der Waals surface area contributed by atoms with Gasteiger partial charge in [-0.2, -0.15) is 0 Å². The minimum absolute atomic E-state index is 0.157. The average molecular weight is 335 g/mol. The summed E-state index contributed by atoms with van der Waals surface area (Å²) in [7, 11) is 1.31. The summed E-state index contributed by atoms with van der Waals surface area (Å²) in [6.07, 6.45) is 1.11. The first-order valence-electron chi connectivity index (χ1n) is 7.73. The quantitative estimate of drug-likeness (QED) is 0.766. The van der Waals surface area contributed by atoms with Gasteiger partial charge < -0.3 is 10.1 Å². The Bertz CT molecular complexity index is 902. The molecule has 0 spiro atoms. The number of amides is 2. The fourth-order valence-corrected chi connectivity index (χ4v) is 2.45. The van der Waals surface area contributed by atoms with Gasteiger partial charge in [-0.1, -0.05) is 30.3 Å². The van der Waals surface area contributed by atoms with Gasteiger partial charge in [-0.25, -0.2) is 4.79 Å². The van der Waals surface area contributed by atoms with Gasteiger partial charge in [-0.15, -0.1) is 0 Å². The van der Waals surface area contributed by atoms with E-state index < -0.39 is 6.09 Å². The molecule has 3 aromatic rings. The number of rotatable bonds is 4. The van der Waals surface area contributed by atoms with Crippen molar-refractivity contribution in [3.05, 3.63) is 71.9 Å². The van der Waals surface area contributed by atoms with Gasteiger partial charge in [0.2, 0.25) is 0 Å². The molecule has 2 amide bonds. The molecule has 0 unspecified atom stereocenters. The zero-order valence-electron chi connectivity index (χ0n) is 13.7. The first-order valence-corrected chi connectivity index (χ1v) is 7.73. The fraction of sp³-hybridized carbons (Fsp3) is 0.105. The number of ether oxygens (including phenoxy) is 1. The van der Waals surface area contributed by atoms with Gasteiger partial charge in [0.1, 0.15) is 0 Å². The van der Waals surface area contributed by atoms with Gasteiger partial charge in [0.05, 0.1) is 18.2 Å². The van der Waals surface area contributed by atoms with Crippen LogP contribution in [0.25, 0.3) is 10.9 Å². The average Bonchev–Trinajstić information content (AvgIpc) is 2.66. The minimum atomic E-state index is -0.523. The molecule has 6 nitrogen and oxygen atoms in total. The number of nitrogens with one attached hydrogen (secondary N) is 2. The second-order valence-corrected chi connectivity index (χ2v) is 5.37. The number of pyridine rings is 1. The summed E-state index contributed by atoms with van der Waals surface area (Å²) in [5.41, 5.74) is 2.92. The van der Waals surface area contributed by atoms with Crippen LogP contribution in [0.15, 0.2) is 60.8 Å². The highest BCUT2D eigenvalue weighted by atomic mass is 16.5. The molecule has 0 atom stereocenters. The van der Waals surface area contributed by atoms with Crippen LogP contribution >= 0.6 is 0 Å². The van der Waals surface area contributed by atoms with E-state index in [1.54, 1.807) is 24.4 Å². The molecule has 6 heteroatoms. The van der Waals surface area contributed by atoms with Crippen molar-refractivity contribution >= 4 is 28.6 Å². The van der Waals surface area contributed by atoms with Gasteiger partial charge in [-0.05, 0) is 29.8 Å². The summed E-state index contributed by atoms with van der Waals surface area (Å²) in [6, 6.07) is 16.4. The lowest BCUT2D eigenvalue weighted by molar-refractivity contribution is 0.0952. The minimum Gasteiger partial charge on any atom is -0.453 e. The molecular weight excluding hydrogens is 318 g/mol. The zero-order chi connectivity index (χ0) is 17.6. The number of nitrogens with zero attached hydrogens (tertiary/aromatic N) is 1. The van der Waals surface area contributed by atoms with E-state index in [4.69, 9.17) is 0 Å². The Balaban J connectivity index is 1.67. The van der Waals surface area contributed by atoms with E-state index >= 15 is 0 Å². The van der Waals surface area contributed by atoms with Crippen LogP contribution in [0.2, 0.25) is 0 Å². The summed E-state index contributed by atoms with van der Waals surface area (Å²) in [5, 5.41) is 6.29. The van der Waals surface area contributed by atoms with E-state index in [2.05, 4.69) is 20.4 Å². The smallest absolute Gasteiger partial charge is 0.411 e. The number of hydrogen-bond donors (Lipinski definition) is 2. The SMILES string of the molecule is COC(=O)Nc1ccc(CNC(=O)c2ccnc3ccccc23)cc1. The molecule has 2 N–H and O–H groups in total. The van der Waals surface area contributed by atoms with Gasteiger partial charge in [-0.3, -0.25) is 15.1 Å². The third-order valence-electron chi connectivity index (χ3n) is 3.73. The van der Waals surface area contributed by atoms with Crippen molar-refractivity contribution in [1.29, 1.82) is 0 Å². The molecule has 3 rings (SSSR count). The summed E-state index contributed by atoms with van der Waals surface area (Å²) in [6.45, 7) is 0.383. The van der Waals surface area contributed by atoms with E-state index in [9.17, 15) is 9.59 Å². The molecule has 0 aliphatic rings. The third-order valence-corrected chi connectivity index (χ3v) is 3.73. The lowest BCUT2D eigenvalue weighted by Gasteiger charge is -2.09. The van der Waals surface area contributed by atoms with Crippen molar-refractivity contribution < 1.29 is 14.3 Å². The van der Waals surface area contributed by atoms with Crippen molar-refractivity contribution in [2.24, 2.45) is 0 Å². The summed E-state index contributed by atoms with van der Waals surface area (Å²) >= 11 is 0. The molecule has 0 saturated heterocycles. The molecule has 2 aromatic carbocycles. The van der Waals surface area contributed by atoms with Crippen molar-refractivity contribution in [3.63, 3.8) is 0 Å². The molecule has 0 saturated carbocycles. The highest BCUT2D eigenvalue weighted by Crippen LogP contribution is 2.16. The number of aromatic nitrogens is 1. The Morgan fingerprint density at radius 3 is 2.56 bits per heavy atom. The number of fused-ring (bicyclic) bond motifs is 1. The number of hydrogen-bond acceptors (Lipinski definition) is 4. The number of carbonyl (C=O) groups is 2. The molecule has 25 heavy (non-hydrogen) atoms. The Hall–Kier alpha value is -3.41. The predicted octanol–water partition coefficient (Wildman–Crippen LogP) is 3.34. The van der Waals surface area contributed by atoms with Crippen molar-refractivity contribution in [2.45, 2.75) is 6.54 Å². The molecule has 126 valence electrons. The standard InChI is InChI=1S/C19H17N3O3/c1-25-19(24)22-14-8-6-13(7-9-14)12-21-18(23)16-10-11-20-17-5-3-2-4-15(16)17/h2-11H,12H2,1H3,(H,21,23)(H,22,24). The zero-order valence-corrected chi connectivity index (χ0v) is 13.7. The van der Waals surface area contributed by atoms with E-state index in [1.165, 1.54) is 7.11 Å². The molecule has 1 heterocycles. The van der Waals surface area contributed by atoms with Crippen molar-refractivity contribution in [2.75, 3.05) is 12.4 Å². The molecular formula is C19H17N3O3. The van der Waals surface area contributed by atoms with E-state index in [-0.39, 0.29) is 5.91 Å². The van der Waals surface area contributed by atoms with Gasteiger partial charge in [0.25, 0.3) is 5.91 Å². The van der Waals surface area contributed by atoms with E-state index in [1.807, 2.05) is 36.4 Å². The Kier molecular flexibility index (Phi) is 4.89. The lowest BCUT2D eigenvalue weighted by Crippen LogP contribution is -2.23. The second kappa shape index (κ2) is 7.44. The molecule has 0 radical (unpaired) electrons. The molecule has 0 aliphatic heterocycles. The van der Waals surface area contributed by atoms with E-state index in [0.717, 1.165) is 16.5 Å². The Morgan fingerprint density at radius 1 is 1.04 bits per heavy atom. The largest absolute Gasteiger partial charge is 0.453 e. The lowest BCUT2D eigenvalue weighted by atomic mass is 10.1. The van der Waals surface area contributed by atoms with Crippen LogP contribution in [0.3, 0.4) is 0 Å². The number of methoxy groups -OCH3 is 1. The Labute approximate surface area is 144 Å². The van der Waals surface area contributed by atoms with Crippen LogP contribution in [-0.4, -0.2) is 24.1 Å². The highest BCUT2D eigenvalue weighted by Gasteiger charge is 2.10. The number of anilines is 1. The Morgan fingerprint density at radius 2 is 1.80 bits per heavy atom. The topological polar surface area (TPSA) is 80.3 Å². The molecule has 0 aliphatic carbocycles. The number of carbonyl (C=O) groups excluding carboxylic acids is 2. The maximum atomic E-state index is 12.5. The van der Waals surface area contributed by atoms with Crippen LogP contribution in [0, 0.1) is 0 Å². The van der Waals surface area contributed by atoms with Crippen LogP contribution < -0.4 is 10.6 Å². The van der Waals surface area contributed by atoms with E-state index in [0.29, 0.717) is 17.8 Å². The van der Waals surface area contributed by atoms with Crippen molar-refractivity contribution in [3.8, 4) is 0 Å². The fourth-order valence-electron chi connectivity index (χ4n) is 2.45. The van der Waals surface area contributed by atoms with Gasteiger partial charge in [0, 0.05) is 23.8 Å².